The van der Waals surface area contributed by atoms with Gasteiger partial charge in [0.15, 0.2) is 5.69 Å². The first kappa shape index (κ1) is 15.1. The molecule has 3 heterocycles. The maximum absolute atomic E-state index is 12.6. The second kappa shape index (κ2) is 5.96. The molecular weight excluding hydrogens is 330 g/mol. The number of carbonyl (C=O) groups excluding carboxylic acids is 1. The second-order valence-corrected chi connectivity index (χ2v) is 6.43. The number of nitrogens with one attached hydrogen (secondary N) is 3. The van der Waals surface area contributed by atoms with Crippen molar-refractivity contribution >= 4 is 33.5 Å². The highest BCUT2D eigenvalue weighted by Gasteiger charge is 2.21. The molecule has 5 rings (SSSR count). The summed E-state index contributed by atoms with van der Waals surface area (Å²) in [7, 11) is 0. The zero-order valence-electron chi connectivity index (χ0n) is 14.0. The number of aromatic amines is 2. The summed E-state index contributed by atoms with van der Waals surface area (Å²) in [6.45, 7) is 0.778. The Morgan fingerprint density at radius 1 is 1.19 bits per heavy atom. The average molecular weight is 347 g/mol. The van der Waals surface area contributed by atoms with E-state index in [1.807, 2.05) is 42.5 Å². The van der Waals surface area contributed by atoms with Gasteiger partial charge in [0, 0.05) is 17.7 Å². The number of carbonyl (C=O) groups is 1. The quantitative estimate of drug-likeness (QED) is 0.528. The molecule has 1 aliphatic heterocycles. The molecule has 4 aromatic rings. The number of rotatable bonds is 3. The normalized spacial score (nSPS) is 17.2. The van der Waals surface area contributed by atoms with Gasteiger partial charge in [0.2, 0.25) is 0 Å². The summed E-state index contributed by atoms with van der Waals surface area (Å²) in [4.78, 5) is 20.5. The van der Waals surface area contributed by atoms with Crippen molar-refractivity contribution in [3.05, 3.63) is 54.0 Å². The summed E-state index contributed by atoms with van der Waals surface area (Å²) in [6.07, 6.45) is 2.08. The predicted molar refractivity (Wildman–Crippen MR) is 98.1 cm³/mol. The van der Waals surface area contributed by atoms with Gasteiger partial charge in [0.1, 0.15) is 11.9 Å². The Hall–Kier alpha value is -3.19. The van der Waals surface area contributed by atoms with Gasteiger partial charge in [-0.05, 0) is 37.1 Å². The maximum atomic E-state index is 12.6. The zero-order valence-corrected chi connectivity index (χ0v) is 14.0. The Kier molecular flexibility index (Phi) is 3.46. The van der Waals surface area contributed by atoms with Crippen molar-refractivity contribution in [2.45, 2.75) is 18.9 Å². The largest absolute Gasteiger partial charge is 0.370 e. The summed E-state index contributed by atoms with van der Waals surface area (Å²) >= 11 is 0. The number of anilines is 1. The number of H-pyrrole nitrogens is 2. The number of fused-ring (bicyclic) bond motifs is 2. The minimum absolute atomic E-state index is 0.0378. The predicted octanol–water partition coefficient (Wildman–Crippen LogP) is 3.54. The number of para-hydroxylation sites is 1. The van der Waals surface area contributed by atoms with Crippen LogP contribution in [0, 0.1) is 0 Å². The number of ether oxygens (including phenoxy) is 1. The fraction of sp³-hybridized carbons (Fsp3) is 0.211. The van der Waals surface area contributed by atoms with Gasteiger partial charge < -0.3 is 15.0 Å². The van der Waals surface area contributed by atoms with Gasteiger partial charge >= 0.3 is 0 Å². The molecule has 1 saturated heterocycles. The third kappa shape index (κ3) is 2.53. The molecule has 1 aliphatic rings. The molecule has 1 amide bonds. The highest BCUT2D eigenvalue weighted by Crippen LogP contribution is 2.29. The van der Waals surface area contributed by atoms with Gasteiger partial charge in [-0.1, -0.05) is 18.2 Å². The molecule has 130 valence electrons. The SMILES string of the molecule is O=C(Nc1ccc2nc([C@@H]3CCCO3)[nH]c2c1)c1n[nH]c2ccccc12. The molecule has 0 bridgehead atoms. The van der Waals surface area contributed by atoms with Crippen LogP contribution in [0.15, 0.2) is 42.5 Å². The summed E-state index contributed by atoms with van der Waals surface area (Å²) in [5, 5.41) is 10.7. The van der Waals surface area contributed by atoms with Crippen molar-refractivity contribution in [3.8, 4) is 0 Å². The molecule has 1 fully saturated rings. The van der Waals surface area contributed by atoms with Crippen LogP contribution in [0.25, 0.3) is 21.9 Å². The standard InChI is InChI=1S/C19H17N5O2/c25-19(17-12-4-1-2-5-13(12)23-24-17)20-11-7-8-14-15(10-11)22-18(21-14)16-6-3-9-26-16/h1-2,4-5,7-8,10,16H,3,6,9H2,(H,20,25)(H,21,22)(H,23,24)/t16-/m0/s1. The van der Waals surface area contributed by atoms with E-state index in [9.17, 15) is 4.79 Å². The van der Waals surface area contributed by atoms with Gasteiger partial charge in [0.05, 0.1) is 16.6 Å². The van der Waals surface area contributed by atoms with Crippen LogP contribution in [-0.2, 0) is 4.74 Å². The summed E-state index contributed by atoms with van der Waals surface area (Å²) in [5.74, 6) is 0.597. The number of amides is 1. The highest BCUT2D eigenvalue weighted by molar-refractivity contribution is 6.11. The first-order valence-electron chi connectivity index (χ1n) is 8.64. The number of aromatic nitrogens is 4. The van der Waals surface area contributed by atoms with E-state index in [0.29, 0.717) is 11.4 Å². The fourth-order valence-electron chi connectivity index (χ4n) is 3.38. The van der Waals surface area contributed by atoms with Crippen LogP contribution in [0.3, 0.4) is 0 Å². The van der Waals surface area contributed by atoms with E-state index in [1.54, 1.807) is 0 Å². The van der Waals surface area contributed by atoms with Gasteiger partial charge in [0.25, 0.3) is 5.91 Å². The number of benzene rings is 2. The highest BCUT2D eigenvalue weighted by atomic mass is 16.5. The van der Waals surface area contributed by atoms with E-state index >= 15 is 0 Å². The van der Waals surface area contributed by atoms with Gasteiger partial charge in [-0.15, -0.1) is 0 Å². The minimum atomic E-state index is -0.249. The van der Waals surface area contributed by atoms with Crippen molar-refractivity contribution in [3.63, 3.8) is 0 Å². The van der Waals surface area contributed by atoms with E-state index in [0.717, 1.165) is 47.2 Å². The zero-order chi connectivity index (χ0) is 17.5. The number of hydrogen-bond donors (Lipinski definition) is 3. The summed E-state index contributed by atoms with van der Waals surface area (Å²) < 4.78 is 5.68. The molecule has 7 nitrogen and oxygen atoms in total. The van der Waals surface area contributed by atoms with E-state index < -0.39 is 0 Å². The molecule has 0 unspecified atom stereocenters. The first-order valence-corrected chi connectivity index (χ1v) is 8.64. The van der Waals surface area contributed by atoms with Crippen molar-refractivity contribution < 1.29 is 9.53 Å². The van der Waals surface area contributed by atoms with Crippen LogP contribution in [0.1, 0.15) is 35.3 Å². The molecule has 0 aliphatic carbocycles. The van der Waals surface area contributed by atoms with Crippen LogP contribution >= 0.6 is 0 Å². The van der Waals surface area contributed by atoms with E-state index in [2.05, 4.69) is 25.5 Å². The lowest BCUT2D eigenvalue weighted by molar-refractivity contribution is 0.102. The third-order valence-corrected chi connectivity index (χ3v) is 4.68. The Labute approximate surface area is 148 Å². The van der Waals surface area contributed by atoms with Crippen LogP contribution < -0.4 is 5.32 Å². The lowest BCUT2D eigenvalue weighted by atomic mass is 10.2. The maximum Gasteiger partial charge on any atom is 0.276 e. The van der Waals surface area contributed by atoms with Gasteiger partial charge in [-0.2, -0.15) is 5.10 Å². The summed E-state index contributed by atoms with van der Waals surface area (Å²) in [5.41, 5.74) is 3.64. The van der Waals surface area contributed by atoms with E-state index in [-0.39, 0.29) is 12.0 Å². The first-order chi connectivity index (χ1) is 12.8. The monoisotopic (exact) mass is 347 g/mol. The van der Waals surface area contributed by atoms with Crippen molar-refractivity contribution in [2.24, 2.45) is 0 Å². The van der Waals surface area contributed by atoms with Crippen molar-refractivity contribution in [1.82, 2.24) is 20.2 Å². The number of imidazole rings is 1. The average Bonchev–Trinajstić information content (AvgIpc) is 3.39. The molecule has 0 spiro atoms. The third-order valence-electron chi connectivity index (χ3n) is 4.68. The molecule has 0 radical (unpaired) electrons. The Balaban J connectivity index is 1.42. The van der Waals surface area contributed by atoms with E-state index in [1.165, 1.54) is 0 Å². The smallest absolute Gasteiger partial charge is 0.276 e. The Bertz CT molecular complexity index is 1110. The lowest BCUT2D eigenvalue weighted by Crippen LogP contribution is -2.12. The second-order valence-electron chi connectivity index (χ2n) is 6.43. The summed E-state index contributed by atoms with van der Waals surface area (Å²) in [6, 6.07) is 13.2. The van der Waals surface area contributed by atoms with E-state index in [4.69, 9.17) is 4.74 Å². The molecule has 7 heteroatoms. The molecular formula is C19H17N5O2. The van der Waals surface area contributed by atoms with Gasteiger partial charge in [-0.25, -0.2) is 4.98 Å². The fourth-order valence-corrected chi connectivity index (χ4v) is 3.38. The molecule has 0 saturated carbocycles. The molecule has 2 aromatic heterocycles. The lowest BCUT2D eigenvalue weighted by Gasteiger charge is -2.04. The number of nitrogens with zero attached hydrogens (tertiary/aromatic N) is 2. The van der Waals surface area contributed by atoms with Crippen LogP contribution in [-0.4, -0.2) is 32.7 Å². The topological polar surface area (TPSA) is 95.7 Å². The molecule has 3 N–H and O–H groups in total. The Morgan fingerprint density at radius 2 is 2.12 bits per heavy atom. The minimum Gasteiger partial charge on any atom is -0.370 e. The Morgan fingerprint density at radius 3 is 3.00 bits per heavy atom. The molecule has 26 heavy (non-hydrogen) atoms. The van der Waals surface area contributed by atoms with Gasteiger partial charge in [-0.3, -0.25) is 9.89 Å². The molecule has 1 atom stereocenters. The van der Waals surface area contributed by atoms with Crippen LogP contribution in [0.4, 0.5) is 5.69 Å². The van der Waals surface area contributed by atoms with Crippen LogP contribution in [0.5, 0.6) is 0 Å². The van der Waals surface area contributed by atoms with Crippen LogP contribution in [0.2, 0.25) is 0 Å². The molecule has 2 aromatic carbocycles. The number of hydrogen-bond acceptors (Lipinski definition) is 4. The van der Waals surface area contributed by atoms with Crippen molar-refractivity contribution in [2.75, 3.05) is 11.9 Å². The van der Waals surface area contributed by atoms with Crippen molar-refractivity contribution in [1.29, 1.82) is 0 Å².